The summed E-state index contributed by atoms with van der Waals surface area (Å²) in [6, 6.07) is 15.2. The van der Waals surface area contributed by atoms with E-state index in [1.54, 1.807) is 30.3 Å². The zero-order valence-corrected chi connectivity index (χ0v) is 15.0. The molecule has 1 aromatic heterocycles. The van der Waals surface area contributed by atoms with Crippen molar-refractivity contribution in [3.8, 4) is 16.9 Å². The number of aryl methyl sites for hydroxylation is 1. The number of H-pyrrole nitrogens is 1. The number of aromatic nitrogens is 2. The summed E-state index contributed by atoms with van der Waals surface area (Å²) >= 11 is 0. The smallest absolute Gasteiger partial charge is 0.433 e. The van der Waals surface area contributed by atoms with E-state index in [0.717, 1.165) is 12.0 Å². The summed E-state index contributed by atoms with van der Waals surface area (Å²) in [6.45, 7) is 1.64. The summed E-state index contributed by atoms with van der Waals surface area (Å²) in [5, 5.41) is 8.02. The molecule has 1 heterocycles. The summed E-state index contributed by atoms with van der Waals surface area (Å²) in [7, 11) is 0. The minimum atomic E-state index is -4.64. The van der Waals surface area contributed by atoms with Crippen molar-refractivity contribution in [2.45, 2.75) is 19.5 Å². The maximum Gasteiger partial charge on any atom is 0.433 e. The third kappa shape index (κ3) is 4.51. The first-order valence-corrected chi connectivity index (χ1v) is 8.61. The number of carbonyl (C=O) groups excluding carboxylic acids is 1. The van der Waals surface area contributed by atoms with Crippen LogP contribution < -0.4 is 10.1 Å². The zero-order valence-electron chi connectivity index (χ0n) is 15.0. The highest BCUT2D eigenvalue weighted by Crippen LogP contribution is 2.39. The van der Waals surface area contributed by atoms with Gasteiger partial charge in [-0.1, -0.05) is 49.4 Å². The predicted molar refractivity (Wildman–Crippen MR) is 99.0 cm³/mol. The van der Waals surface area contributed by atoms with Gasteiger partial charge in [-0.2, -0.15) is 18.3 Å². The second-order valence-corrected chi connectivity index (χ2v) is 6.02. The fourth-order valence-electron chi connectivity index (χ4n) is 2.70. The van der Waals surface area contributed by atoms with E-state index in [1.807, 2.05) is 24.2 Å². The molecule has 3 rings (SSSR count). The number of carbonyl (C=O) groups is 1. The monoisotopic (exact) mass is 389 g/mol. The SMILES string of the molecule is CCc1cccc(OCC(=O)Nc2n[nH]c(C(F)(F)F)c2-c2ccccc2)c1. The highest BCUT2D eigenvalue weighted by Gasteiger charge is 2.38. The van der Waals surface area contributed by atoms with Crippen LogP contribution in [0.2, 0.25) is 0 Å². The van der Waals surface area contributed by atoms with E-state index in [9.17, 15) is 18.0 Å². The second kappa shape index (κ2) is 8.16. The number of alkyl halides is 3. The van der Waals surface area contributed by atoms with Crippen LogP contribution in [0.1, 0.15) is 18.2 Å². The van der Waals surface area contributed by atoms with Crippen LogP contribution in [0.5, 0.6) is 5.75 Å². The van der Waals surface area contributed by atoms with Crippen LogP contribution in [-0.2, 0) is 17.4 Å². The Balaban J connectivity index is 1.78. The number of benzene rings is 2. The third-order valence-corrected chi connectivity index (χ3v) is 4.05. The van der Waals surface area contributed by atoms with Crippen LogP contribution in [0.3, 0.4) is 0 Å². The normalized spacial score (nSPS) is 11.3. The third-order valence-electron chi connectivity index (χ3n) is 4.05. The molecule has 3 aromatic rings. The lowest BCUT2D eigenvalue weighted by Gasteiger charge is -2.10. The summed E-state index contributed by atoms with van der Waals surface area (Å²) < 4.78 is 45.4. The number of anilines is 1. The molecule has 2 aromatic carbocycles. The van der Waals surface area contributed by atoms with E-state index >= 15 is 0 Å². The molecule has 1 amide bonds. The van der Waals surface area contributed by atoms with E-state index in [1.165, 1.54) is 12.1 Å². The Morgan fingerprint density at radius 2 is 1.89 bits per heavy atom. The number of nitrogens with zero attached hydrogens (tertiary/aromatic N) is 1. The fourth-order valence-corrected chi connectivity index (χ4v) is 2.70. The molecule has 0 radical (unpaired) electrons. The molecule has 0 spiro atoms. The molecule has 2 N–H and O–H groups in total. The predicted octanol–water partition coefficient (Wildman–Crippen LogP) is 4.68. The van der Waals surface area contributed by atoms with Crippen molar-refractivity contribution in [3.63, 3.8) is 0 Å². The number of nitrogens with one attached hydrogen (secondary N) is 2. The van der Waals surface area contributed by atoms with Crippen LogP contribution in [-0.4, -0.2) is 22.7 Å². The molecule has 0 saturated carbocycles. The Morgan fingerprint density at radius 1 is 1.14 bits per heavy atom. The molecule has 0 aliphatic rings. The summed E-state index contributed by atoms with van der Waals surface area (Å²) in [6.07, 6.45) is -3.82. The molecule has 146 valence electrons. The van der Waals surface area contributed by atoms with Crippen LogP contribution in [0.4, 0.5) is 19.0 Å². The van der Waals surface area contributed by atoms with Crippen molar-refractivity contribution >= 4 is 11.7 Å². The van der Waals surface area contributed by atoms with Crippen molar-refractivity contribution in [1.29, 1.82) is 0 Å². The molecule has 0 bridgehead atoms. The molecule has 0 fully saturated rings. The molecule has 0 aliphatic carbocycles. The number of aromatic amines is 1. The molecule has 8 heteroatoms. The Hall–Kier alpha value is -3.29. The van der Waals surface area contributed by atoms with Crippen LogP contribution in [0, 0.1) is 0 Å². The van der Waals surface area contributed by atoms with Gasteiger partial charge in [0.25, 0.3) is 5.91 Å². The van der Waals surface area contributed by atoms with Gasteiger partial charge in [-0.15, -0.1) is 0 Å². The highest BCUT2D eigenvalue weighted by atomic mass is 19.4. The summed E-state index contributed by atoms with van der Waals surface area (Å²) in [5.41, 5.74) is 0.0989. The van der Waals surface area contributed by atoms with Crippen molar-refractivity contribution in [2.75, 3.05) is 11.9 Å². The Bertz CT molecular complexity index is 953. The van der Waals surface area contributed by atoms with Gasteiger partial charge in [-0.05, 0) is 29.7 Å². The lowest BCUT2D eigenvalue weighted by atomic mass is 10.1. The van der Waals surface area contributed by atoms with Gasteiger partial charge in [-0.3, -0.25) is 9.89 Å². The molecule has 28 heavy (non-hydrogen) atoms. The first-order chi connectivity index (χ1) is 13.4. The van der Waals surface area contributed by atoms with Crippen molar-refractivity contribution in [3.05, 3.63) is 65.9 Å². The number of ether oxygens (including phenoxy) is 1. The van der Waals surface area contributed by atoms with Gasteiger partial charge in [0, 0.05) is 0 Å². The minimum absolute atomic E-state index is 0.200. The quantitative estimate of drug-likeness (QED) is 0.644. The first kappa shape index (κ1) is 19.5. The van der Waals surface area contributed by atoms with Gasteiger partial charge < -0.3 is 10.1 Å². The number of rotatable bonds is 6. The highest BCUT2D eigenvalue weighted by molar-refractivity contribution is 5.95. The zero-order chi connectivity index (χ0) is 20.1. The van der Waals surface area contributed by atoms with E-state index in [2.05, 4.69) is 10.4 Å². The van der Waals surface area contributed by atoms with Crippen LogP contribution in [0.25, 0.3) is 11.1 Å². The van der Waals surface area contributed by atoms with Gasteiger partial charge in [-0.25, -0.2) is 0 Å². The minimum Gasteiger partial charge on any atom is -0.484 e. The molecular weight excluding hydrogens is 371 g/mol. The van der Waals surface area contributed by atoms with Gasteiger partial charge in [0.1, 0.15) is 11.4 Å². The standard InChI is InChI=1S/C20H18F3N3O2/c1-2-13-7-6-10-15(11-13)28-12-16(27)24-19-17(14-8-4-3-5-9-14)18(25-26-19)20(21,22)23/h3-11H,2,12H2,1H3,(H2,24,25,26,27). The van der Waals surface area contributed by atoms with E-state index in [4.69, 9.17) is 4.74 Å². The fraction of sp³-hybridized carbons (Fsp3) is 0.200. The van der Waals surface area contributed by atoms with Gasteiger partial charge >= 0.3 is 6.18 Å². The van der Waals surface area contributed by atoms with E-state index in [-0.39, 0.29) is 23.6 Å². The lowest BCUT2D eigenvalue weighted by molar-refractivity contribution is -0.140. The summed E-state index contributed by atoms with van der Waals surface area (Å²) in [4.78, 5) is 12.2. The molecule has 0 unspecified atom stereocenters. The van der Waals surface area contributed by atoms with Crippen LogP contribution >= 0.6 is 0 Å². The first-order valence-electron chi connectivity index (χ1n) is 8.61. The number of hydrogen-bond acceptors (Lipinski definition) is 3. The number of hydrogen-bond donors (Lipinski definition) is 2. The Labute approximate surface area is 159 Å². The topological polar surface area (TPSA) is 67.0 Å². The van der Waals surface area contributed by atoms with E-state index in [0.29, 0.717) is 5.75 Å². The van der Waals surface area contributed by atoms with Crippen molar-refractivity contribution in [2.24, 2.45) is 0 Å². The molecule has 5 nitrogen and oxygen atoms in total. The van der Waals surface area contributed by atoms with Gasteiger partial charge in [0.15, 0.2) is 12.4 Å². The second-order valence-electron chi connectivity index (χ2n) is 6.02. The van der Waals surface area contributed by atoms with Gasteiger partial charge in [0.2, 0.25) is 0 Å². The molecular formula is C20H18F3N3O2. The lowest BCUT2D eigenvalue weighted by Crippen LogP contribution is -2.21. The average Bonchev–Trinajstić information content (AvgIpc) is 3.11. The Morgan fingerprint density at radius 3 is 2.57 bits per heavy atom. The van der Waals surface area contributed by atoms with E-state index < -0.39 is 17.8 Å². The van der Waals surface area contributed by atoms with Crippen molar-refractivity contribution < 1.29 is 22.7 Å². The number of amides is 1. The summed E-state index contributed by atoms with van der Waals surface area (Å²) in [5.74, 6) is -0.301. The maximum absolute atomic E-state index is 13.3. The average molecular weight is 389 g/mol. The largest absolute Gasteiger partial charge is 0.484 e. The maximum atomic E-state index is 13.3. The van der Waals surface area contributed by atoms with Crippen LogP contribution in [0.15, 0.2) is 54.6 Å². The molecule has 0 atom stereocenters. The molecule has 0 saturated heterocycles. The van der Waals surface area contributed by atoms with Crippen molar-refractivity contribution in [1.82, 2.24) is 10.2 Å². The molecule has 0 aliphatic heterocycles. The van der Waals surface area contributed by atoms with Gasteiger partial charge in [0.05, 0.1) is 5.56 Å². The number of halogens is 3. The Kier molecular flexibility index (Phi) is 5.67.